The fourth-order valence-corrected chi connectivity index (χ4v) is 4.97. The molecule has 8 heteroatoms. The summed E-state index contributed by atoms with van der Waals surface area (Å²) in [5, 5.41) is 1.79. The number of nitrogens with zero attached hydrogens (tertiary/aromatic N) is 1. The highest BCUT2D eigenvalue weighted by Gasteiger charge is 2.35. The number of benzene rings is 2. The Bertz CT molecular complexity index is 1200. The molecule has 0 unspecified atom stereocenters. The maximum absolute atomic E-state index is 12.9. The third-order valence-corrected chi connectivity index (χ3v) is 6.84. The summed E-state index contributed by atoms with van der Waals surface area (Å²) >= 11 is 6.28. The lowest BCUT2D eigenvalue weighted by atomic mass is 9.92. The normalized spacial score (nSPS) is 20.0. The van der Waals surface area contributed by atoms with Crippen molar-refractivity contribution in [1.29, 1.82) is 0 Å². The number of aromatic nitrogens is 1. The van der Waals surface area contributed by atoms with E-state index in [1.165, 1.54) is 5.56 Å². The summed E-state index contributed by atoms with van der Waals surface area (Å²) in [7, 11) is 0. The van der Waals surface area contributed by atoms with Gasteiger partial charge in [0.2, 0.25) is 0 Å². The van der Waals surface area contributed by atoms with Crippen molar-refractivity contribution in [3.8, 4) is 5.75 Å². The number of carbonyl (C=O) groups excluding carboxylic acids is 1. The van der Waals surface area contributed by atoms with Crippen molar-refractivity contribution >= 4 is 28.6 Å². The van der Waals surface area contributed by atoms with Crippen LogP contribution in [0.1, 0.15) is 43.6 Å². The van der Waals surface area contributed by atoms with E-state index in [9.17, 15) is 4.79 Å². The highest BCUT2D eigenvalue weighted by molar-refractivity contribution is 6.31. The van der Waals surface area contributed by atoms with Crippen molar-refractivity contribution in [1.82, 2.24) is 9.88 Å². The summed E-state index contributed by atoms with van der Waals surface area (Å²) < 4.78 is 22.8. The molecular formula is C27H31ClN2O5. The zero-order valence-corrected chi connectivity index (χ0v) is 21.1. The number of fused-ring (bicyclic) bond motifs is 3. The van der Waals surface area contributed by atoms with Crippen molar-refractivity contribution < 1.29 is 23.7 Å². The molecule has 7 nitrogen and oxygen atoms in total. The molecule has 0 spiro atoms. The summed E-state index contributed by atoms with van der Waals surface area (Å²) in [5.41, 5.74) is 4.17. The van der Waals surface area contributed by atoms with E-state index in [0.29, 0.717) is 38.0 Å². The molecule has 0 saturated carbocycles. The van der Waals surface area contributed by atoms with Crippen LogP contribution < -0.4 is 4.74 Å². The van der Waals surface area contributed by atoms with Gasteiger partial charge in [0.25, 0.3) is 0 Å². The minimum Gasteiger partial charge on any atom is -0.493 e. The van der Waals surface area contributed by atoms with Gasteiger partial charge in [-0.1, -0.05) is 23.7 Å². The summed E-state index contributed by atoms with van der Waals surface area (Å²) in [5.74, 6) is 0.414. The standard InChI is InChI=1S/C27H31ClN2O5/c1-4-32-26(31)30-12-11-21-22-13-19(28)7-10-23(22)29-24(21)25(30)18-5-8-20(9-6-18)33-14-17-15-34-27(2,3)35-16-17/h5-10,13,17,25,29H,4,11-12,14-16H2,1-3H3/t25-/m0/s1. The average Bonchev–Trinajstić information content (AvgIpc) is 3.21. The van der Waals surface area contributed by atoms with E-state index >= 15 is 0 Å². The van der Waals surface area contributed by atoms with E-state index in [2.05, 4.69) is 4.98 Å². The number of H-pyrrole nitrogens is 1. The van der Waals surface area contributed by atoms with Gasteiger partial charge < -0.3 is 23.9 Å². The molecule has 0 aliphatic carbocycles. The van der Waals surface area contributed by atoms with Crippen LogP contribution >= 0.6 is 11.6 Å². The number of amides is 1. The Kier molecular flexibility index (Phi) is 6.66. The van der Waals surface area contributed by atoms with Crippen LogP contribution in [0.2, 0.25) is 5.02 Å². The first-order valence-corrected chi connectivity index (χ1v) is 12.5. The molecule has 1 N–H and O–H groups in total. The SMILES string of the molecule is CCOC(=O)N1CCc2c([nH]c3ccc(Cl)cc23)[C@@H]1c1ccc(OCC2COC(C)(C)OC2)cc1. The van der Waals surface area contributed by atoms with Crippen LogP contribution in [0.4, 0.5) is 4.79 Å². The number of hydrogen-bond donors (Lipinski definition) is 1. The monoisotopic (exact) mass is 498 g/mol. The highest BCUT2D eigenvalue weighted by Crippen LogP contribution is 2.39. The summed E-state index contributed by atoms with van der Waals surface area (Å²) in [4.78, 5) is 18.2. The third kappa shape index (κ3) is 4.99. The molecule has 2 aliphatic rings. The zero-order valence-electron chi connectivity index (χ0n) is 20.3. The van der Waals surface area contributed by atoms with Gasteiger partial charge in [-0.3, -0.25) is 4.90 Å². The Balaban J connectivity index is 1.39. The second kappa shape index (κ2) is 9.72. The van der Waals surface area contributed by atoms with Gasteiger partial charge in [-0.2, -0.15) is 0 Å². The van der Waals surface area contributed by atoms with E-state index < -0.39 is 5.79 Å². The number of carbonyl (C=O) groups is 1. The molecule has 1 atom stereocenters. The Labute approximate surface area is 210 Å². The second-order valence-electron chi connectivity index (χ2n) is 9.52. The molecule has 3 aromatic rings. The van der Waals surface area contributed by atoms with Gasteiger partial charge in [0.1, 0.15) is 11.8 Å². The van der Waals surface area contributed by atoms with E-state index in [1.54, 1.807) is 4.90 Å². The topological polar surface area (TPSA) is 73.0 Å². The molecule has 0 bridgehead atoms. The number of rotatable bonds is 5. The average molecular weight is 499 g/mol. The third-order valence-electron chi connectivity index (χ3n) is 6.61. The van der Waals surface area contributed by atoms with Crippen molar-refractivity contribution in [3.05, 3.63) is 64.3 Å². The molecule has 1 fully saturated rings. The maximum Gasteiger partial charge on any atom is 0.410 e. The second-order valence-corrected chi connectivity index (χ2v) is 9.96. The van der Waals surface area contributed by atoms with Crippen LogP contribution in [0.25, 0.3) is 10.9 Å². The van der Waals surface area contributed by atoms with Gasteiger partial charge in [0.05, 0.1) is 26.4 Å². The molecule has 3 heterocycles. The number of aromatic amines is 1. The quantitative estimate of drug-likeness (QED) is 0.488. The maximum atomic E-state index is 12.9. The van der Waals surface area contributed by atoms with Crippen LogP contribution in [0.3, 0.4) is 0 Å². The Morgan fingerprint density at radius 1 is 1.17 bits per heavy atom. The first-order chi connectivity index (χ1) is 16.8. The molecule has 2 aliphatic heterocycles. The molecular weight excluding hydrogens is 468 g/mol. The first kappa shape index (κ1) is 24.0. The molecule has 0 radical (unpaired) electrons. The van der Waals surface area contributed by atoms with Crippen molar-refractivity contribution in [2.45, 2.75) is 39.0 Å². The zero-order chi connectivity index (χ0) is 24.6. The fraction of sp³-hybridized carbons (Fsp3) is 0.444. The Morgan fingerprint density at radius 2 is 1.91 bits per heavy atom. The largest absolute Gasteiger partial charge is 0.493 e. The van der Waals surface area contributed by atoms with Gasteiger partial charge in [-0.25, -0.2) is 4.79 Å². The lowest BCUT2D eigenvalue weighted by Crippen LogP contribution is -2.41. The van der Waals surface area contributed by atoms with Gasteiger partial charge in [-0.05, 0) is 68.7 Å². The number of nitrogens with one attached hydrogen (secondary N) is 1. The summed E-state index contributed by atoms with van der Waals surface area (Å²) in [6.07, 6.45) is 0.412. The van der Waals surface area contributed by atoms with E-state index in [4.69, 9.17) is 30.5 Å². The number of hydrogen-bond acceptors (Lipinski definition) is 5. The van der Waals surface area contributed by atoms with Gasteiger partial charge in [-0.15, -0.1) is 0 Å². The Morgan fingerprint density at radius 3 is 2.63 bits per heavy atom. The van der Waals surface area contributed by atoms with Crippen LogP contribution in [0, 0.1) is 5.92 Å². The summed E-state index contributed by atoms with van der Waals surface area (Å²) in [6, 6.07) is 13.5. The lowest BCUT2D eigenvalue weighted by molar-refractivity contribution is -0.264. The van der Waals surface area contributed by atoms with Gasteiger partial charge in [0, 0.05) is 34.1 Å². The molecule has 1 saturated heterocycles. The fourth-order valence-electron chi connectivity index (χ4n) is 4.79. The van der Waals surface area contributed by atoms with Gasteiger partial charge >= 0.3 is 6.09 Å². The van der Waals surface area contributed by atoms with E-state index in [-0.39, 0.29) is 18.1 Å². The number of halogens is 1. The minimum absolute atomic E-state index is 0.182. The Hall–Kier alpha value is -2.74. The molecule has 186 valence electrons. The molecule has 35 heavy (non-hydrogen) atoms. The van der Waals surface area contributed by atoms with Crippen LogP contribution in [-0.2, 0) is 20.6 Å². The van der Waals surface area contributed by atoms with Crippen LogP contribution in [-0.4, -0.2) is 54.7 Å². The predicted molar refractivity (Wildman–Crippen MR) is 134 cm³/mol. The number of ether oxygens (including phenoxy) is 4. The predicted octanol–water partition coefficient (Wildman–Crippen LogP) is 5.70. The smallest absolute Gasteiger partial charge is 0.410 e. The molecule has 1 aromatic heterocycles. The highest BCUT2D eigenvalue weighted by atomic mass is 35.5. The molecule has 5 rings (SSSR count). The summed E-state index contributed by atoms with van der Waals surface area (Å²) in [6.45, 7) is 8.27. The molecule has 2 aromatic carbocycles. The minimum atomic E-state index is -0.532. The van der Waals surface area contributed by atoms with Crippen molar-refractivity contribution in [3.63, 3.8) is 0 Å². The van der Waals surface area contributed by atoms with Crippen LogP contribution in [0.5, 0.6) is 5.75 Å². The van der Waals surface area contributed by atoms with Crippen LogP contribution in [0.15, 0.2) is 42.5 Å². The lowest BCUT2D eigenvalue weighted by Gasteiger charge is -2.35. The van der Waals surface area contributed by atoms with Crippen molar-refractivity contribution in [2.75, 3.05) is 33.0 Å². The molecule has 1 amide bonds. The first-order valence-electron chi connectivity index (χ1n) is 12.1. The van der Waals surface area contributed by atoms with Gasteiger partial charge in [0.15, 0.2) is 5.79 Å². The van der Waals surface area contributed by atoms with Crippen molar-refractivity contribution in [2.24, 2.45) is 5.92 Å². The van der Waals surface area contributed by atoms with E-state index in [0.717, 1.165) is 34.3 Å². The van der Waals surface area contributed by atoms with E-state index in [1.807, 2.05) is 63.2 Å².